The minimum absolute atomic E-state index is 0.0759. The molecule has 0 fully saturated rings. The van der Waals surface area contributed by atoms with Crippen molar-refractivity contribution in [1.29, 1.82) is 0 Å². The first-order valence-electron chi connectivity index (χ1n) is 16.9. The smallest absolute Gasteiger partial charge is 0.203 e. The van der Waals surface area contributed by atoms with Crippen LogP contribution in [-0.4, -0.2) is 30.7 Å². The molecule has 0 spiro atoms. The Morgan fingerprint density at radius 3 is 1.38 bits per heavy atom. The standard InChI is InChI=1S/C37H60O5/c1-6-9-12-15-18-21-26-40-35-29-33(24-25-34(31(4)38)32(5)39)30-36(41-27-22-19-16-13-10-7-2)37(35)42-28-23-20-17-14-11-8-3/h29-30,38H,6-23,26-28H2,1-5H3/b34-31-. The molecule has 0 amide bonds. The van der Waals surface area contributed by atoms with E-state index < -0.39 is 0 Å². The lowest BCUT2D eigenvalue weighted by atomic mass is 10.1. The Balaban J connectivity index is 3.15. The highest BCUT2D eigenvalue weighted by atomic mass is 16.5. The van der Waals surface area contributed by atoms with E-state index in [2.05, 4.69) is 32.6 Å². The molecule has 1 aromatic rings. The molecule has 1 N–H and O–H groups in total. The first-order valence-corrected chi connectivity index (χ1v) is 16.9. The number of carbonyl (C=O) groups is 1. The molecular formula is C37H60O5. The lowest BCUT2D eigenvalue weighted by molar-refractivity contribution is -0.113. The van der Waals surface area contributed by atoms with Crippen molar-refractivity contribution in [3.8, 4) is 29.1 Å². The van der Waals surface area contributed by atoms with E-state index in [0.29, 0.717) is 42.6 Å². The number of rotatable bonds is 25. The van der Waals surface area contributed by atoms with Gasteiger partial charge in [-0.25, -0.2) is 0 Å². The van der Waals surface area contributed by atoms with Crippen molar-refractivity contribution in [3.05, 3.63) is 29.0 Å². The van der Waals surface area contributed by atoms with Gasteiger partial charge in [-0.1, -0.05) is 129 Å². The largest absolute Gasteiger partial charge is 0.511 e. The molecule has 0 unspecified atom stereocenters. The zero-order valence-electron chi connectivity index (χ0n) is 27.6. The van der Waals surface area contributed by atoms with Crippen molar-refractivity contribution >= 4 is 5.78 Å². The van der Waals surface area contributed by atoms with Gasteiger partial charge in [0.2, 0.25) is 5.75 Å². The number of benzene rings is 1. The van der Waals surface area contributed by atoms with E-state index in [1.54, 1.807) is 0 Å². The van der Waals surface area contributed by atoms with Crippen LogP contribution in [0.4, 0.5) is 0 Å². The maximum absolute atomic E-state index is 12.0. The summed E-state index contributed by atoms with van der Waals surface area (Å²) in [6.07, 6.45) is 21.4. The van der Waals surface area contributed by atoms with Gasteiger partial charge in [0.15, 0.2) is 17.3 Å². The fraction of sp³-hybridized carbons (Fsp3) is 0.703. The molecule has 0 aromatic heterocycles. The minimum Gasteiger partial charge on any atom is -0.511 e. The molecule has 5 heteroatoms. The van der Waals surface area contributed by atoms with Crippen molar-refractivity contribution in [1.82, 2.24) is 0 Å². The van der Waals surface area contributed by atoms with Gasteiger partial charge in [-0.05, 0) is 45.2 Å². The predicted octanol–water partition coefficient (Wildman–Crippen LogP) is 10.7. The Hall–Kier alpha value is -2.61. The third-order valence-electron chi connectivity index (χ3n) is 7.32. The molecule has 0 saturated heterocycles. The zero-order valence-corrected chi connectivity index (χ0v) is 27.6. The normalized spacial score (nSPS) is 11.5. The minimum atomic E-state index is -0.263. The Morgan fingerprint density at radius 2 is 1.00 bits per heavy atom. The molecule has 0 aliphatic rings. The monoisotopic (exact) mass is 584 g/mol. The van der Waals surface area contributed by atoms with Crippen LogP contribution in [0.2, 0.25) is 0 Å². The highest BCUT2D eigenvalue weighted by Crippen LogP contribution is 2.39. The van der Waals surface area contributed by atoms with E-state index in [0.717, 1.165) is 38.5 Å². The quantitative estimate of drug-likeness (QED) is 0.0536. The average molecular weight is 585 g/mol. The number of aliphatic hydroxyl groups excluding tert-OH is 1. The van der Waals surface area contributed by atoms with Crippen molar-refractivity contribution in [2.75, 3.05) is 19.8 Å². The number of hydrogen-bond donors (Lipinski definition) is 1. The van der Waals surface area contributed by atoms with Gasteiger partial charge in [0.1, 0.15) is 11.3 Å². The van der Waals surface area contributed by atoms with Gasteiger partial charge in [0, 0.05) is 5.56 Å². The van der Waals surface area contributed by atoms with E-state index in [1.165, 1.54) is 90.9 Å². The summed E-state index contributed by atoms with van der Waals surface area (Å²) < 4.78 is 19.0. The highest BCUT2D eigenvalue weighted by Gasteiger charge is 2.16. The van der Waals surface area contributed by atoms with E-state index in [1.807, 2.05) is 12.1 Å². The Kier molecular flexibility index (Phi) is 22.2. The molecule has 42 heavy (non-hydrogen) atoms. The lowest BCUT2D eigenvalue weighted by Gasteiger charge is -2.18. The van der Waals surface area contributed by atoms with Gasteiger partial charge in [0.05, 0.1) is 19.8 Å². The van der Waals surface area contributed by atoms with Crippen LogP contribution >= 0.6 is 0 Å². The molecule has 1 aromatic carbocycles. The van der Waals surface area contributed by atoms with E-state index in [-0.39, 0.29) is 17.1 Å². The number of hydrogen-bond acceptors (Lipinski definition) is 5. The highest BCUT2D eigenvalue weighted by molar-refractivity contribution is 5.98. The van der Waals surface area contributed by atoms with Gasteiger partial charge < -0.3 is 19.3 Å². The number of unbranched alkanes of at least 4 members (excludes halogenated alkanes) is 15. The summed E-state index contributed by atoms with van der Waals surface area (Å²) >= 11 is 0. The molecule has 0 aliphatic heterocycles. The molecule has 0 saturated carbocycles. The van der Waals surface area contributed by atoms with Gasteiger partial charge in [0.25, 0.3) is 0 Å². The number of ether oxygens (including phenoxy) is 3. The first-order chi connectivity index (χ1) is 20.4. The van der Waals surface area contributed by atoms with Crippen molar-refractivity contribution in [2.45, 2.75) is 150 Å². The fourth-order valence-electron chi connectivity index (χ4n) is 4.76. The van der Waals surface area contributed by atoms with Crippen molar-refractivity contribution in [3.63, 3.8) is 0 Å². The molecule has 0 atom stereocenters. The van der Waals surface area contributed by atoms with Crippen LogP contribution in [0.25, 0.3) is 0 Å². The van der Waals surface area contributed by atoms with E-state index in [9.17, 15) is 9.90 Å². The summed E-state index contributed by atoms with van der Waals surface area (Å²) in [4.78, 5) is 12.0. The van der Waals surface area contributed by atoms with Gasteiger partial charge in [-0.2, -0.15) is 0 Å². The molecular weight excluding hydrogens is 524 g/mol. The first kappa shape index (κ1) is 37.4. The van der Waals surface area contributed by atoms with Crippen LogP contribution in [0.5, 0.6) is 17.2 Å². The topological polar surface area (TPSA) is 65.0 Å². The van der Waals surface area contributed by atoms with Crippen LogP contribution in [0, 0.1) is 11.8 Å². The second-order valence-electron chi connectivity index (χ2n) is 11.4. The number of ketones is 1. The molecule has 238 valence electrons. The average Bonchev–Trinajstić information content (AvgIpc) is 2.96. The Morgan fingerprint density at radius 1 is 0.619 bits per heavy atom. The summed E-state index contributed by atoms with van der Waals surface area (Å²) in [6, 6.07) is 3.76. The maximum atomic E-state index is 12.0. The number of carbonyl (C=O) groups excluding carboxylic acids is 1. The fourth-order valence-corrected chi connectivity index (χ4v) is 4.76. The maximum Gasteiger partial charge on any atom is 0.203 e. The predicted molar refractivity (Wildman–Crippen MR) is 176 cm³/mol. The second kappa shape index (κ2) is 24.9. The third kappa shape index (κ3) is 17.4. The molecule has 0 radical (unpaired) electrons. The summed E-state index contributed by atoms with van der Waals surface area (Å²) in [5, 5.41) is 9.93. The number of aliphatic hydroxyl groups is 1. The van der Waals surface area contributed by atoms with Gasteiger partial charge in [-0.15, -0.1) is 0 Å². The lowest BCUT2D eigenvalue weighted by Crippen LogP contribution is -2.07. The second-order valence-corrected chi connectivity index (χ2v) is 11.4. The Labute approximate surface area is 257 Å². The van der Waals surface area contributed by atoms with Crippen LogP contribution < -0.4 is 14.2 Å². The summed E-state index contributed by atoms with van der Waals surface area (Å²) in [7, 11) is 0. The zero-order chi connectivity index (χ0) is 30.8. The van der Waals surface area contributed by atoms with Crippen LogP contribution in [0.3, 0.4) is 0 Å². The molecule has 0 aliphatic carbocycles. The summed E-state index contributed by atoms with van der Waals surface area (Å²) in [6.45, 7) is 11.4. The van der Waals surface area contributed by atoms with Gasteiger partial charge >= 0.3 is 0 Å². The van der Waals surface area contributed by atoms with Gasteiger partial charge in [-0.3, -0.25) is 4.79 Å². The SMILES string of the molecule is CCCCCCCCOc1cc(C#C/C(C(C)=O)=C(\C)O)cc(OCCCCCCCC)c1OCCCCCCCC. The number of allylic oxidation sites excluding steroid dienone is 2. The van der Waals surface area contributed by atoms with Crippen LogP contribution in [0.15, 0.2) is 23.5 Å². The molecule has 5 nitrogen and oxygen atoms in total. The molecule has 0 heterocycles. The summed E-state index contributed by atoms with van der Waals surface area (Å²) in [5.41, 5.74) is 0.778. The van der Waals surface area contributed by atoms with Crippen LogP contribution in [-0.2, 0) is 4.79 Å². The molecule has 1 rings (SSSR count). The van der Waals surface area contributed by atoms with Crippen molar-refractivity contribution in [2.24, 2.45) is 0 Å². The molecule has 0 bridgehead atoms. The third-order valence-corrected chi connectivity index (χ3v) is 7.32. The van der Waals surface area contributed by atoms with E-state index in [4.69, 9.17) is 14.2 Å². The Bertz CT molecular complexity index is 910. The van der Waals surface area contributed by atoms with Crippen molar-refractivity contribution < 1.29 is 24.1 Å². The van der Waals surface area contributed by atoms with Crippen LogP contribution in [0.1, 0.15) is 156 Å². The van der Waals surface area contributed by atoms with E-state index >= 15 is 0 Å². The summed E-state index contributed by atoms with van der Waals surface area (Å²) in [5.74, 6) is 7.48. The number of Topliss-reactive ketones (excluding diaryl/α,β-unsaturated/α-hetero) is 1.